The van der Waals surface area contributed by atoms with Crippen LogP contribution in [0, 0.1) is 6.92 Å². The van der Waals surface area contributed by atoms with Gasteiger partial charge in [-0.25, -0.2) is 4.98 Å². The van der Waals surface area contributed by atoms with E-state index in [9.17, 15) is 4.79 Å². The molecule has 20 heavy (non-hydrogen) atoms. The first kappa shape index (κ1) is 14.6. The molecule has 0 aliphatic carbocycles. The number of carbonyl (C=O) groups is 1. The molecule has 0 radical (unpaired) electrons. The van der Waals surface area contributed by atoms with Crippen LogP contribution >= 0.6 is 11.3 Å². The minimum absolute atomic E-state index is 0.174. The molecule has 0 aliphatic heterocycles. The zero-order valence-corrected chi connectivity index (χ0v) is 13.0. The first-order chi connectivity index (χ1) is 9.42. The summed E-state index contributed by atoms with van der Waals surface area (Å²) < 4.78 is 1.87. The summed E-state index contributed by atoms with van der Waals surface area (Å²) in [5.41, 5.74) is 7.97. The summed E-state index contributed by atoms with van der Waals surface area (Å²) in [5.74, 6) is -0.174. The normalized spacial score (nSPS) is 11.1. The Morgan fingerprint density at radius 3 is 2.80 bits per heavy atom. The molecular weight excluding hydrogens is 272 g/mol. The van der Waals surface area contributed by atoms with Gasteiger partial charge >= 0.3 is 0 Å². The molecule has 6 heteroatoms. The number of nitrogens with one attached hydrogen (secondary N) is 1. The molecule has 0 aliphatic rings. The van der Waals surface area contributed by atoms with E-state index in [-0.39, 0.29) is 11.9 Å². The highest BCUT2D eigenvalue weighted by molar-refractivity contribution is 7.15. The molecule has 0 atom stereocenters. The molecule has 0 fully saturated rings. The van der Waals surface area contributed by atoms with E-state index in [0.29, 0.717) is 16.5 Å². The Kier molecular flexibility index (Phi) is 4.13. The molecule has 0 unspecified atom stereocenters. The van der Waals surface area contributed by atoms with Crippen molar-refractivity contribution in [2.24, 2.45) is 0 Å². The number of anilines is 2. The molecule has 0 saturated carbocycles. The molecule has 2 aromatic heterocycles. The SMILES string of the molecule is CCc1nc(NC(=O)c2cc(N)cn2C(C)C)sc1C. The van der Waals surface area contributed by atoms with E-state index in [4.69, 9.17) is 5.73 Å². The summed E-state index contributed by atoms with van der Waals surface area (Å²) >= 11 is 1.50. The van der Waals surface area contributed by atoms with Crippen molar-refractivity contribution in [1.82, 2.24) is 9.55 Å². The van der Waals surface area contributed by atoms with E-state index in [0.717, 1.165) is 17.0 Å². The minimum Gasteiger partial charge on any atom is -0.397 e. The third-order valence-electron chi connectivity index (χ3n) is 3.11. The number of aryl methyl sites for hydroxylation is 2. The van der Waals surface area contributed by atoms with Gasteiger partial charge < -0.3 is 10.3 Å². The van der Waals surface area contributed by atoms with Crippen LogP contribution in [0.3, 0.4) is 0 Å². The standard InChI is InChI=1S/C14H20N4OS/c1-5-11-9(4)20-14(16-11)17-13(19)12-6-10(15)7-18(12)8(2)3/h6-8H,5,15H2,1-4H3,(H,16,17,19). The lowest BCUT2D eigenvalue weighted by molar-refractivity contribution is 0.101. The molecule has 0 aromatic carbocycles. The summed E-state index contributed by atoms with van der Waals surface area (Å²) in [6, 6.07) is 1.87. The molecule has 5 nitrogen and oxygen atoms in total. The van der Waals surface area contributed by atoms with Crippen LogP contribution < -0.4 is 11.1 Å². The van der Waals surface area contributed by atoms with Gasteiger partial charge in [0, 0.05) is 17.1 Å². The average molecular weight is 292 g/mol. The molecule has 2 rings (SSSR count). The number of carbonyl (C=O) groups excluding carboxylic acids is 1. The van der Waals surface area contributed by atoms with E-state index in [2.05, 4.69) is 17.2 Å². The van der Waals surface area contributed by atoms with E-state index < -0.39 is 0 Å². The summed E-state index contributed by atoms with van der Waals surface area (Å²) in [4.78, 5) is 17.9. The van der Waals surface area contributed by atoms with Gasteiger partial charge in [-0.2, -0.15) is 0 Å². The molecule has 2 aromatic rings. The van der Waals surface area contributed by atoms with Crippen molar-refractivity contribution in [3.05, 3.63) is 28.5 Å². The number of hydrogen-bond donors (Lipinski definition) is 2. The molecule has 0 bridgehead atoms. The van der Waals surface area contributed by atoms with Crippen LogP contribution in [0.15, 0.2) is 12.3 Å². The predicted octanol–water partition coefficient (Wildman–Crippen LogP) is 3.23. The number of aromatic nitrogens is 2. The van der Waals surface area contributed by atoms with Crippen LogP contribution in [0.2, 0.25) is 0 Å². The number of nitrogen functional groups attached to an aromatic ring is 1. The lowest BCUT2D eigenvalue weighted by Crippen LogP contribution is -2.17. The van der Waals surface area contributed by atoms with Gasteiger partial charge in [0.25, 0.3) is 5.91 Å². The van der Waals surface area contributed by atoms with E-state index in [1.54, 1.807) is 12.3 Å². The third-order valence-corrected chi connectivity index (χ3v) is 4.04. The van der Waals surface area contributed by atoms with Gasteiger partial charge in [0.1, 0.15) is 5.69 Å². The fourth-order valence-electron chi connectivity index (χ4n) is 2.08. The van der Waals surface area contributed by atoms with Gasteiger partial charge in [-0.1, -0.05) is 6.92 Å². The fourth-order valence-corrected chi connectivity index (χ4v) is 2.98. The number of nitrogens with zero attached hydrogens (tertiary/aromatic N) is 2. The van der Waals surface area contributed by atoms with Crippen molar-refractivity contribution in [3.8, 4) is 0 Å². The second-order valence-electron chi connectivity index (χ2n) is 4.99. The van der Waals surface area contributed by atoms with Crippen molar-refractivity contribution in [2.45, 2.75) is 40.2 Å². The maximum absolute atomic E-state index is 12.3. The average Bonchev–Trinajstić information content (AvgIpc) is 2.92. The maximum Gasteiger partial charge on any atom is 0.274 e. The van der Waals surface area contributed by atoms with E-state index >= 15 is 0 Å². The van der Waals surface area contributed by atoms with Gasteiger partial charge in [-0.15, -0.1) is 11.3 Å². The zero-order valence-electron chi connectivity index (χ0n) is 12.2. The van der Waals surface area contributed by atoms with Gasteiger partial charge in [0.05, 0.1) is 11.4 Å². The summed E-state index contributed by atoms with van der Waals surface area (Å²) in [6.07, 6.45) is 2.65. The largest absolute Gasteiger partial charge is 0.397 e. The summed E-state index contributed by atoms with van der Waals surface area (Å²) in [6.45, 7) is 8.09. The van der Waals surface area contributed by atoms with Gasteiger partial charge in [-0.3, -0.25) is 10.1 Å². The smallest absolute Gasteiger partial charge is 0.274 e. The van der Waals surface area contributed by atoms with Crippen molar-refractivity contribution < 1.29 is 4.79 Å². The lowest BCUT2D eigenvalue weighted by Gasteiger charge is -2.11. The van der Waals surface area contributed by atoms with E-state index in [1.807, 2.05) is 25.3 Å². The number of nitrogens with two attached hydrogens (primary N) is 1. The first-order valence-electron chi connectivity index (χ1n) is 6.67. The number of amides is 1. The quantitative estimate of drug-likeness (QED) is 0.908. The molecule has 2 heterocycles. The zero-order chi connectivity index (χ0) is 14.9. The fraction of sp³-hybridized carbons (Fsp3) is 0.429. The van der Waals surface area contributed by atoms with Crippen molar-refractivity contribution in [2.75, 3.05) is 11.1 Å². The Bertz CT molecular complexity index is 627. The summed E-state index contributed by atoms with van der Waals surface area (Å²) in [7, 11) is 0. The molecule has 108 valence electrons. The topological polar surface area (TPSA) is 72.9 Å². The monoisotopic (exact) mass is 292 g/mol. The Morgan fingerprint density at radius 1 is 1.55 bits per heavy atom. The first-order valence-corrected chi connectivity index (χ1v) is 7.49. The van der Waals surface area contributed by atoms with Crippen LogP contribution in [-0.2, 0) is 6.42 Å². The minimum atomic E-state index is -0.174. The highest BCUT2D eigenvalue weighted by atomic mass is 32.1. The van der Waals surface area contributed by atoms with Crippen LogP contribution in [0.1, 0.15) is 47.9 Å². The third kappa shape index (κ3) is 2.85. The van der Waals surface area contributed by atoms with Crippen LogP contribution in [0.5, 0.6) is 0 Å². The number of rotatable bonds is 4. The molecular formula is C14H20N4OS. The molecule has 0 spiro atoms. The van der Waals surface area contributed by atoms with Gasteiger partial charge in [-0.05, 0) is 33.3 Å². The van der Waals surface area contributed by atoms with Crippen molar-refractivity contribution in [1.29, 1.82) is 0 Å². The molecule has 0 saturated heterocycles. The van der Waals surface area contributed by atoms with Crippen LogP contribution in [0.4, 0.5) is 10.8 Å². The highest BCUT2D eigenvalue weighted by Crippen LogP contribution is 2.24. The predicted molar refractivity (Wildman–Crippen MR) is 83.4 cm³/mol. The Balaban J connectivity index is 2.23. The van der Waals surface area contributed by atoms with Gasteiger partial charge in [0.2, 0.25) is 0 Å². The summed E-state index contributed by atoms with van der Waals surface area (Å²) in [5, 5.41) is 3.49. The number of hydrogen-bond acceptors (Lipinski definition) is 4. The van der Waals surface area contributed by atoms with Crippen LogP contribution in [0.25, 0.3) is 0 Å². The number of thiazole rings is 1. The molecule has 3 N–H and O–H groups in total. The lowest BCUT2D eigenvalue weighted by atomic mass is 10.3. The van der Waals surface area contributed by atoms with Crippen molar-refractivity contribution in [3.63, 3.8) is 0 Å². The Labute approximate surface area is 122 Å². The Morgan fingerprint density at radius 2 is 2.25 bits per heavy atom. The van der Waals surface area contributed by atoms with E-state index in [1.165, 1.54) is 11.3 Å². The van der Waals surface area contributed by atoms with Gasteiger partial charge in [0.15, 0.2) is 5.13 Å². The second-order valence-corrected chi connectivity index (χ2v) is 6.19. The highest BCUT2D eigenvalue weighted by Gasteiger charge is 2.16. The van der Waals surface area contributed by atoms with Crippen molar-refractivity contribution >= 4 is 28.1 Å². The molecule has 1 amide bonds. The van der Waals surface area contributed by atoms with Crippen LogP contribution in [-0.4, -0.2) is 15.5 Å². The second kappa shape index (κ2) is 5.66. The Hall–Kier alpha value is -1.82. The maximum atomic E-state index is 12.3.